The van der Waals surface area contributed by atoms with E-state index >= 15 is 0 Å². The Labute approximate surface area is 145 Å². The van der Waals surface area contributed by atoms with Gasteiger partial charge < -0.3 is 9.64 Å². The highest BCUT2D eigenvalue weighted by atomic mass is 32.2. The fourth-order valence-corrected chi connectivity index (χ4v) is 4.03. The Morgan fingerprint density at radius 2 is 1.96 bits per heavy atom. The molecule has 0 unspecified atom stereocenters. The summed E-state index contributed by atoms with van der Waals surface area (Å²) in [5.74, 6) is 1.57. The van der Waals surface area contributed by atoms with E-state index in [2.05, 4.69) is 11.8 Å². The molecule has 0 spiro atoms. The van der Waals surface area contributed by atoms with Gasteiger partial charge in [-0.3, -0.25) is 9.69 Å². The van der Waals surface area contributed by atoms with Crippen LogP contribution in [0.2, 0.25) is 0 Å². The van der Waals surface area contributed by atoms with Crippen LogP contribution in [0.3, 0.4) is 0 Å². The van der Waals surface area contributed by atoms with Gasteiger partial charge in [0.25, 0.3) is 5.91 Å². The molecule has 0 aromatic heterocycles. The lowest BCUT2D eigenvalue weighted by molar-refractivity contribution is -0.122. The Morgan fingerprint density at radius 3 is 2.61 bits per heavy atom. The Bertz CT molecular complexity index is 740. The number of thioether (sulfide) groups is 1. The van der Waals surface area contributed by atoms with Crippen molar-refractivity contribution in [3.05, 3.63) is 46.7 Å². The number of thiocarbonyl (C=S) groups is 1. The molecule has 0 atom stereocenters. The molecule has 4 nitrogen and oxygen atoms in total. The first-order valence-electron chi connectivity index (χ1n) is 7.57. The van der Waals surface area contributed by atoms with E-state index in [0.29, 0.717) is 15.8 Å². The second kappa shape index (κ2) is 6.37. The van der Waals surface area contributed by atoms with Gasteiger partial charge in [0.05, 0.1) is 10.6 Å². The Balaban J connectivity index is 1.95. The van der Waals surface area contributed by atoms with Crippen LogP contribution in [-0.2, 0) is 4.79 Å². The number of likely N-dealkylation sites (N-methyl/N-ethyl adjacent to an activating group) is 1. The minimum Gasteiger partial charge on any atom is -0.439 e. The van der Waals surface area contributed by atoms with Gasteiger partial charge in [-0.15, -0.1) is 0 Å². The number of hydrogen-bond acceptors (Lipinski definition) is 5. The number of amides is 1. The summed E-state index contributed by atoms with van der Waals surface area (Å²) in [4.78, 5) is 16.8. The summed E-state index contributed by atoms with van der Waals surface area (Å²) in [6, 6.07) is 7.93. The SMILES string of the molecule is CCN1C(=O)C(=C(C)C=C2Oc3ccccc3N2CC)SC1=S. The van der Waals surface area contributed by atoms with Crippen molar-refractivity contribution in [1.82, 2.24) is 4.90 Å². The van der Waals surface area contributed by atoms with Crippen molar-refractivity contribution in [2.45, 2.75) is 20.8 Å². The van der Waals surface area contributed by atoms with Gasteiger partial charge >= 0.3 is 0 Å². The highest BCUT2D eigenvalue weighted by Gasteiger charge is 2.32. The van der Waals surface area contributed by atoms with Gasteiger partial charge in [0.15, 0.2) is 5.75 Å². The molecule has 2 aliphatic rings. The maximum Gasteiger partial charge on any atom is 0.266 e. The lowest BCUT2D eigenvalue weighted by Gasteiger charge is -2.15. The van der Waals surface area contributed by atoms with Gasteiger partial charge in [-0.2, -0.15) is 0 Å². The molecule has 0 radical (unpaired) electrons. The van der Waals surface area contributed by atoms with Crippen LogP contribution in [0.4, 0.5) is 5.69 Å². The quantitative estimate of drug-likeness (QED) is 0.612. The van der Waals surface area contributed by atoms with E-state index < -0.39 is 0 Å². The van der Waals surface area contributed by atoms with Gasteiger partial charge in [-0.05, 0) is 38.5 Å². The van der Waals surface area contributed by atoms with Crippen molar-refractivity contribution in [2.75, 3.05) is 18.0 Å². The van der Waals surface area contributed by atoms with E-state index in [-0.39, 0.29) is 5.91 Å². The zero-order valence-electron chi connectivity index (χ0n) is 13.3. The number of fused-ring (bicyclic) bond motifs is 1. The highest BCUT2D eigenvalue weighted by Crippen LogP contribution is 2.40. The van der Waals surface area contributed by atoms with E-state index in [1.807, 2.05) is 44.2 Å². The van der Waals surface area contributed by atoms with Gasteiger partial charge in [0.2, 0.25) is 5.88 Å². The van der Waals surface area contributed by atoms with E-state index in [1.54, 1.807) is 4.90 Å². The zero-order chi connectivity index (χ0) is 16.6. The summed E-state index contributed by atoms with van der Waals surface area (Å²) >= 11 is 6.63. The van der Waals surface area contributed by atoms with E-state index in [1.165, 1.54) is 11.8 Å². The molecule has 6 heteroatoms. The van der Waals surface area contributed by atoms with Crippen LogP contribution < -0.4 is 9.64 Å². The Kier molecular flexibility index (Phi) is 4.46. The van der Waals surface area contributed by atoms with Gasteiger partial charge in [-0.25, -0.2) is 0 Å². The van der Waals surface area contributed by atoms with Crippen molar-refractivity contribution >= 4 is 39.9 Å². The third-order valence-corrected chi connectivity index (χ3v) is 5.38. The number of anilines is 1. The van der Waals surface area contributed by atoms with Gasteiger partial charge in [0.1, 0.15) is 4.32 Å². The predicted molar refractivity (Wildman–Crippen MR) is 98.4 cm³/mol. The molecule has 2 heterocycles. The maximum atomic E-state index is 12.4. The van der Waals surface area contributed by atoms with Crippen molar-refractivity contribution in [2.24, 2.45) is 0 Å². The number of carbonyl (C=O) groups excluding carboxylic acids is 1. The third kappa shape index (κ3) is 2.77. The fraction of sp³-hybridized carbons (Fsp3) is 0.294. The topological polar surface area (TPSA) is 32.8 Å². The van der Waals surface area contributed by atoms with E-state index in [0.717, 1.165) is 29.4 Å². The van der Waals surface area contributed by atoms with Gasteiger partial charge in [0, 0.05) is 19.2 Å². The second-order valence-electron chi connectivity index (χ2n) is 5.23. The minimum atomic E-state index is -0.0181. The molecular formula is C17H18N2O2S2. The molecule has 3 rings (SSSR count). The Morgan fingerprint density at radius 1 is 1.26 bits per heavy atom. The van der Waals surface area contributed by atoms with Crippen LogP contribution in [0.1, 0.15) is 20.8 Å². The van der Waals surface area contributed by atoms with Crippen molar-refractivity contribution in [3.63, 3.8) is 0 Å². The molecule has 23 heavy (non-hydrogen) atoms. The molecule has 120 valence electrons. The summed E-state index contributed by atoms with van der Waals surface area (Å²) in [5, 5.41) is 0. The number of carbonyl (C=O) groups is 1. The normalized spacial score (nSPS) is 21.1. The van der Waals surface area contributed by atoms with E-state index in [9.17, 15) is 4.79 Å². The van der Waals surface area contributed by atoms with Crippen LogP contribution in [0, 0.1) is 0 Å². The molecule has 1 fully saturated rings. The summed E-state index contributed by atoms with van der Waals surface area (Å²) < 4.78 is 6.56. The number of para-hydroxylation sites is 2. The number of rotatable bonds is 3. The summed E-state index contributed by atoms with van der Waals surface area (Å²) in [7, 11) is 0. The number of benzene rings is 1. The average Bonchev–Trinajstić information content (AvgIpc) is 3.03. The van der Waals surface area contributed by atoms with Crippen LogP contribution in [0.25, 0.3) is 0 Å². The number of allylic oxidation sites excluding steroid dienone is 2. The first kappa shape index (κ1) is 16.1. The standard InChI is InChI=1S/C17H18N2O2S2/c1-4-18-12-8-6-7-9-13(12)21-14(18)10-11(3)15-16(20)19(5-2)17(22)23-15/h6-10H,4-5H2,1-3H3. The average molecular weight is 346 g/mol. The number of hydrogen-bond donors (Lipinski definition) is 0. The highest BCUT2D eigenvalue weighted by molar-refractivity contribution is 8.26. The zero-order valence-corrected chi connectivity index (χ0v) is 15.0. The molecule has 1 amide bonds. The maximum absolute atomic E-state index is 12.4. The monoisotopic (exact) mass is 346 g/mol. The van der Waals surface area contributed by atoms with Crippen LogP contribution >= 0.6 is 24.0 Å². The summed E-state index contributed by atoms with van der Waals surface area (Å²) in [6.45, 7) is 7.32. The number of nitrogens with zero attached hydrogens (tertiary/aromatic N) is 2. The minimum absolute atomic E-state index is 0.0181. The molecule has 0 saturated carbocycles. The molecule has 0 N–H and O–H groups in total. The third-order valence-electron chi connectivity index (χ3n) is 3.82. The second-order valence-corrected chi connectivity index (χ2v) is 6.87. The van der Waals surface area contributed by atoms with Crippen molar-refractivity contribution < 1.29 is 9.53 Å². The molecule has 2 aliphatic heterocycles. The summed E-state index contributed by atoms with van der Waals surface area (Å²) in [5.41, 5.74) is 1.93. The van der Waals surface area contributed by atoms with Crippen LogP contribution in [-0.4, -0.2) is 28.2 Å². The molecule has 1 aromatic carbocycles. The molecule has 0 aliphatic carbocycles. The summed E-state index contributed by atoms with van der Waals surface area (Å²) in [6.07, 6.45) is 1.92. The molecule has 0 bridgehead atoms. The molecule has 1 aromatic rings. The first-order chi connectivity index (χ1) is 11.1. The van der Waals surface area contributed by atoms with Crippen molar-refractivity contribution in [1.29, 1.82) is 0 Å². The lowest BCUT2D eigenvalue weighted by atomic mass is 10.2. The fourth-order valence-electron chi connectivity index (χ4n) is 2.65. The lowest BCUT2D eigenvalue weighted by Crippen LogP contribution is -2.27. The Hall–Kier alpha value is -1.79. The number of ether oxygens (including phenoxy) is 1. The molecule has 1 saturated heterocycles. The predicted octanol–water partition coefficient (Wildman–Crippen LogP) is 3.90. The van der Waals surface area contributed by atoms with Gasteiger partial charge in [-0.1, -0.05) is 36.1 Å². The van der Waals surface area contributed by atoms with E-state index in [4.69, 9.17) is 17.0 Å². The largest absolute Gasteiger partial charge is 0.439 e. The first-order valence-corrected chi connectivity index (χ1v) is 8.80. The van der Waals surface area contributed by atoms with Crippen LogP contribution in [0.5, 0.6) is 5.75 Å². The van der Waals surface area contributed by atoms with Crippen molar-refractivity contribution in [3.8, 4) is 5.75 Å². The molecular weight excluding hydrogens is 328 g/mol. The smallest absolute Gasteiger partial charge is 0.266 e. The van der Waals surface area contributed by atoms with Crippen LogP contribution in [0.15, 0.2) is 46.7 Å².